The minimum atomic E-state index is -3.26. The van der Waals surface area contributed by atoms with E-state index in [1.54, 1.807) is 14.1 Å². The van der Waals surface area contributed by atoms with Crippen molar-refractivity contribution in [3.8, 4) is 0 Å². The number of anilines is 1. The Hall–Kier alpha value is -1.07. The number of sulfonamides is 1. The van der Waals surface area contributed by atoms with Gasteiger partial charge in [-0.05, 0) is 24.6 Å². The summed E-state index contributed by atoms with van der Waals surface area (Å²) in [7, 11) is 0.104. The molecule has 0 aliphatic heterocycles. The van der Waals surface area contributed by atoms with Gasteiger partial charge in [0.05, 0.1) is 11.4 Å². The molecule has 102 valence electrons. The van der Waals surface area contributed by atoms with Crippen molar-refractivity contribution in [2.24, 2.45) is 0 Å². The van der Waals surface area contributed by atoms with Gasteiger partial charge in [0.1, 0.15) is 0 Å². The maximum absolute atomic E-state index is 12.2. The zero-order valence-corrected chi connectivity index (χ0v) is 12.3. The van der Waals surface area contributed by atoms with E-state index in [4.69, 9.17) is 0 Å². The molecular formula is C13H22N2O2S. The van der Waals surface area contributed by atoms with Crippen LogP contribution in [0.25, 0.3) is 0 Å². The number of hydrogen-bond acceptors (Lipinski definition) is 3. The Bertz CT molecular complexity index is 484. The molecule has 1 N–H and O–H groups in total. The van der Waals surface area contributed by atoms with Gasteiger partial charge < -0.3 is 5.32 Å². The quantitative estimate of drug-likeness (QED) is 0.857. The Balaban J connectivity index is 3.07. The molecule has 5 heteroatoms. The molecule has 0 radical (unpaired) electrons. The van der Waals surface area contributed by atoms with Crippen LogP contribution in [0.3, 0.4) is 0 Å². The largest absolute Gasteiger partial charge is 0.319 e. The summed E-state index contributed by atoms with van der Waals surface area (Å²) in [4.78, 5) is 0. The fraction of sp³-hybridized carbons (Fsp3) is 0.538. The van der Waals surface area contributed by atoms with Crippen molar-refractivity contribution >= 4 is 15.7 Å². The zero-order chi connectivity index (χ0) is 13.8. The van der Waals surface area contributed by atoms with Crippen LogP contribution >= 0.6 is 0 Å². The third-order valence-corrected chi connectivity index (χ3v) is 4.68. The van der Waals surface area contributed by atoms with Crippen molar-refractivity contribution in [2.45, 2.75) is 19.8 Å². The van der Waals surface area contributed by atoms with Gasteiger partial charge in [0.2, 0.25) is 10.0 Å². The third-order valence-electron chi connectivity index (χ3n) is 2.93. The van der Waals surface area contributed by atoms with Crippen molar-refractivity contribution in [1.29, 1.82) is 0 Å². The summed E-state index contributed by atoms with van der Waals surface area (Å²) >= 11 is 0. The SMILES string of the molecule is CNCCS(=O)(=O)N(C)c1ccccc1C(C)C. The Labute approximate surface area is 110 Å². The molecule has 0 aliphatic carbocycles. The first-order chi connectivity index (χ1) is 8.40. The maximum Gasteiger partial charge on any atom is 0.236 e. The summed E-state index contributed by atoms with van der Waals surface area (Å²) in [5, 5.41) is 2.86. The van der Waals surface area contributed by atoms with Crippen LogP contribution in [-0.2, 0) is 10.0 Å². The van der Waals surface area contributed by atoms with E-state index in [2.05, 4.69) is 19.2 Å². The van der Waals surface area contributed by atoms with Crippen LogP contribution in [0.2, 0.25) is 0 Å². The van der Waals surface area contributed by atoms with Gasteiger partial charge in [-0.1, -0.05) is 32.0 Å². The predicted octanol–water partition coefficient (Wildman–Crippen LogP) is 1.80. The number of hydrogen-bond donors (Lipinski definition) is 1. The average Bonchev–Trinajstić information content (AvgIpc) is 2.35. The van der Waals surface area contributed by atoms with E-state index >= 15 is 0 Å². The maximum atomic E-state index is 12.2. The fourth-order valence-corrected chi connectivity index (χ4v) is 2.98. The fourth-order valence-electron chi connectivity index (χ4n) is 1.78. The molecule has 1 aromatic rings. The number of benzene rings is 1. The van der Waals surface area contributed by atoms with Gasteiger partial charge in [0.25, 0.3) is 0 Å². The number of nitrogens with zero attached hydrogens (tertiary/aromatic N) is 1. The standard InChI is InChI=1S/C13H22N2O2S/c1-11(2)12-7-5-6-8-13(12)15(4)18(16,17)10-9-14-3/h5-8,11,14H,9-10H2,1-4H3. The molecule has 1 rings (SSSR count). The first-order valence-electron chi connectivity index (χ1n) is 6.10. The lowest BCUT2D eigenvalue weighted by Crippen LogP contribution is -2.33. The first-order valence-corrected chi connectivity index (χ1v) is 7.71. The Kier molecular flexibility index (Phi) is 5.16. The second kappa shape index (κ2) is 6.20. The molecule has 0 spiro atoms. The molecule has 0 bridgehead atoms. The minimum absolute atomic E-state index is 0.104. The molecule has 18 heavy (non-hydrogen) atoms. The van der Waals surface area contributed by atoms with Crippen molar-refractivity contribution in [3.05, 3.63) is 29.8 Å². The molecule has 0 heterocycles. The van der Waals surface area contributed by atoms with Gasteiger partial charge in [-0.3, -0.25) is 4.31 Å². The molecule has 0 amide bonds. The lowest BCUT2D eigenvalue weighted by Gasteiger charge is -2.23. The lowest BCUT2D eigenvalue weighted by atomic mass is 10.0. The van der Waals surface area contributed by atoms with Crippen LogP contribution in [0, 0.1) is 0 Å². The highest BCUT2D eigenvalue weighted by atomic mass is 32.2. The van der Waals surface area contributed by atoms with Gasteiger partial charge in [0.15, 0.2) is 0 Å². The van der Waals surface area contributed by atoms with Crippen LogP contribution in [0.15, 0.2) is 24.3 Å². The molecule has 0 unspecified atom stereocenters. The summed E-state index contributed by atoms with van der Waals surface area (Å²) in [5.74, 6) is 0.398. The van der Waals surface area contributed by atoms with Crippen molar-refractivity contribution < 1.29 is 8.42 Å². The van der Waals surface area contributed by atoms with Crippen LogP contribution in [0.1, 0.15) is 25.3 Å². The topological polar surface area (TPSA) is 49.4 Å². The Morgan fingerprint density at radius 1 is 1.28 bits per heavy atom. The first kappa shape index (κ1) is 15.0. The Morgan fingerprint density at radius 3 is 2.44 bits per heavy atom. The highest BCUT2D eigenvalue weighted by molar-refractivity contribution is 7.92. The van der Waals surface area contributed by atoms with Crippen LogP contribution in [0.5, 0.6) is 0 Å². The number of para-hydroxylation sites is 1. The van der Waals surface area contributed by atoms with Crippen molar-refractivity contribution in [1.82, 2.24) is 5.32 Å². The van der Waals surface area contributed by atoms with E-state index in [1.807, 2.05) is 24.3 Å². The predicted molar refractivity (Wildman–Crippen MR) is 76.6 cm³/mol. The monoisotopic (exact) mass is 270 g/mol. The van der Waals surface area contributed by atoms with Gasteiger partial charge >= 0.3 is 0 Å². The highest BCUT2D eigenvalue weighted by Gasteiger charge is 2.20. The highest BCUT2D eigenvalue weighted by Crippen LogP contribution is 2.28. The van der Waals surface area contributed by atoms with Gasteiger partial charge in [-0.2, -0.15) is 0 Å². The summed E-state index contributed by atoms with van der Waals surface area (Å²) < 4.78 is 25.7. The van der Waals surface area contributed by atoms with E-state index in [-0.39, 0.29) is 5.75 Å². The molecule has 0 aromatic heterocycles. The van der Waals surface area contributed by atoms with Crippen molar-refractivity contribution in [3.63, 3.8) is 0 Å². The molecule has 0 saturated heterocycles. The summed E-state index contributed by atoms with van der Waals surface area (Å²) in [5.41, 5.74) is 1.82. The second-order valence-electron chi connectivity index (χ2n) is 4.60. The number of nitrogens with one attached hydrogen (secondary N) is 1. The minimum Gasteiger partial charge on any atom is -0.319 e. The zero-order valence-electron chi connectivity index (χ0n) is 11.5. The third kappa shape index (κ3) is 3.46. The van der Waals surface area contributed by atoms with Gasteiger partial charge in [-0.25, -0.2) is 8.42 Å². The summed E-state index contributed by atoms with van der Waals surface area (Å²) in [6.45, 7) is 4.58. The summed E-state index contributed by atoms with van der Waals surface area (Å²) in [6.07, 6.45) is 0. The van der Waals surface area contributed by atoms with Gasteiger partial charge in [0, 0.05) is 13.6 Å². The Morgan fingerprint density at radius 2 is 1.89 bits per heavy atom. The smallest absolute Gasteiger partial charge is 0.236 e. The van der Waals surface area contributed by atoms with Crippen LogP contribution in [0.4, 0.5) is 5.69 Å². The molecule has 0 fully saturated rings. The molecule has 0 atom stereocenters. The van der Waals surface area contributed by atoms with Crippen molar-refractivity contribution in [2.75, 3.05) is 30.7 Å². The van der Waals surface area contributed by atoms with Gasteiger partial charge in [-0.15, -0.1) is 0 Å². The molecule has 0 aliphatic rings. The number of rotatable bonds is 6. The van der Waals surface area contributed by atoms with E-state index in [0.29, 0.717) is 12.5 Å². The van der Waals surface area contributed by atoms with E-state index < -0.39 is 10.0 Å². The second-order valence-corrected chi connectivity index (χ2v) is 6.72. The van der Waals surface area contributed by atoms with E-state index in [9.17, 15) is 8.42 Å². The molecular weight excluding hydrogens is 248 g/mol. The van der Waals surface area contributed by atoms with E-state index in [1.165, 1.54) is 4.31 Å². The normalized spacial score (nSPS) is 11.8. The molecule has 0 saturated carbocycles. The summed E-state index contributed by atoms with van der Waals surface area (Å²) in [6, 6.07) is 7.63. The average molecular weight is 270 g/mol. The molecule has 4 nitrogen and oxygen atoms in total. The van der Waals surface area contributed by atoms with Crippen LogP contribution < -0.4 is 9.62 Å². The lowest BCUT2D eigenvalue weighted by molar-refractivity contribution is 0.591. The van der Waals surface area contributed by atoms with E-state index in [0.717, 1.165) is 11.3 Å². The van der Waals surface area contributed by atoms with Crippen LogP contribution in [-0.4, -0.2) is 34.8 Å². The molecule has 1 aromatic carbocycles.